The molecule has 0 saturated carbocycles. The first-order valence-electron chi connectivity index (χ1n) is 39.6. The van der Waals surface area contributed by atoms with Crippen molar-refractivity contribution in [3.05, 3.63) is 101 Å². The number of ether oxygens (including phenoxy) is 1. The van der Waals surface area contributed by atoms with Gasteiger partial charge in [-0.1, -0.05) is 88.8 Å². The van der Waals surface area contributed by atoms with Crippen LogP contribution in [0.25, 0.3) is 10.9 Å². The number of fused-ring (bicyclic) bond motifs is 1. The number of unbranched alkanes of at least 4 members (excludes halogenated alkanes) is 6. The lowest BCUT2D eigenvalue weighted by Gasteiger charge is -2.30. The summed E-state index contributed by atoms with van der Waals surface area (Å²) in [5.74, 6) is -32.3. The van der Waals surface area contributed by atoms with Gasteiger partial charge in [0.05, 0.1) is 51.8 Å². The van der Waals surface area contributed by atoms with Crippen molar-refractivity contribution in [1.82, 2.24) is 79.4 Å². The number of hydrogen-bond acceptors (Lipinski definition) is 24. The predicted molar refractivity (Wildman–Crippen MR) is 429 cm³/mol. The van der Waals surface area contributed by atoms with E-state index in [-0.39, 0.29) is 49.2 Å². The number of aromatic amines is 1. The number of carboxylic acid groups (broad SMARTS) is 4. The average Bonchev–Trinajstić information content (AvgIpc) is 1.08. The summed E-state index contributed by atoms with van der Waals surface area (Å²) in [5, 5.41) is 81.8. The fraction of sp³-hybridized carbons (Fsp3) is 0.494. The Balaban J connectivity index is 1.63. The standard InChI is InChI=1S/C79H105F2N17O26/c1-5-6-7-8-9-10-11-22-60(102)90-51(27-43-35-85-49-20-15-13-17-45(43)49)73(117)93-52(30-59(83)101)74(118)95-55(33-66(111)112)75(119)98-68-41(4)124-79(123)56(29-58(100)46-18-12-14-19-48(46)82)96-78(122)67(39(2)26-63(105)106)97-76(120)57(38-99)91-62(104)36-86-70(114)53(31-64(107)108)92-69(113)40(3)88-72(116)54(32-65(109)110)94-71(115)50(89-61(103)37-87-77(68)121)21-16-25-84-34-42-23-24-44(80)28-47(42)81/h12-15,17-20,23-24,28,35,39-41,50-57,67-68,84-85,99H,5-11,16,21-22,25-27,29-34,36-38,82H2,1-4H3,(H2,83,101)(H,86,114)(H,87,121)(H,88,116)(H,89,103)(H,90,102)(H,91,104)(H,92,113)(H,93,117)(H,94,115)(H,95,118)(H,96,122)(H,97,120)(H,98,119)(H,105,106)(H,107,108)(H,109,110)(H,111,112). The number of aliphatic carboxylic acids is 4. The van der Waals surface area contributed by atoms with E-state index in [9.17, 15) is 130 Å². The number of esters is 1. The van der Waals surface area contributed by atoms with Crippen molar-refractivity contribution < 1.29 is 135 Å². The van der Waals surface area contributed by atoms with Gasteiger partial charge in [-0.15, -0.1) is 0 Å². The molecule has 0 bridgehead atoms. The highest BCUT2D eigenvalue weighted by molar-refractivity contribution is 6.05. The van der Waals surface area contributed by atoms with Crippen LogP contribution in [0.2, 0.25) is 0 Å². The topological polar surface area (TPSA) is 688 Å². The number of halogens is 2. The fourth-order valence-electron chi connectivity index (χ4n) is 12.7. The van der Waals surface area contributed by atoms with Crippen LogP contribution in [0.3, 0.4) is 0 Å². The lowest BCUT2D eigenvalue weighted by molar-refractivity contribution is -0.156. The van der Waals surface area contributed by atoms with Gasteiger partial charge in [0.25, 0.3) is 0 Å². The summed E-state index contributed by atoms with van der Waals surface area (Å²) in [6, 6.07) is -8.49. The largest absolute Gasteiger partial charge is 0.481 e. The van der Waals surface area contributed by atoms with Crippen LogP contribution in [0, 0.1) is 17.6 Å². The molecule has 45 heteroatoms. The molecule has 2 heterocycles. The van der Waals surface area contributed by atoms with Crippen LogP contribution in [-0.4, -0.2) is 248 Å². The SMILES string of the molecule is CCCCCCCCCC(=O)NC(Cc1c[nH]c2ccccc12)C(=O)NC(CC(N)=O)C(=O)NC(CC(=O)O)C(=O)NC1C(=O)NCC(=O)NC(CCCNCc2ccc(F)cc2F)C(=O)NC(CC(=O)O)C(=O)NC(C)C(=O)NC(CC(=O)O)C(=O)NCC(=O)NC(CO)C(=O)NC(C(C)CC(=O)O)C(=O)NC(CC(=O)c2ccccc2N)C(=O)OC1C. The van der Waals surface area contributed by atoms with Crippen LogP contribution in [0.15, 0.2) is 72.9 Å². The van der Waals surface area contributed by atoms with E-state index in [1.165, 1.54) is 24.3 Å². The normalized spacial score (nSPS) is 20.5. The first-order valence-corrected chi connectivity index (χ1v) is 39.6. The number of rotatable bonds is 38. The molecule has 0 radical (unpaired) electrons. The molecular formula is C79H105F2N17O26. The monoisotopic (exact) mass is 1750 g/mol. The summed E-state index contributed by atoms with van der Waals surface area (Å²) >= 11 is 0. The van der Waals surface area contributed by atoms with Gasteiger partial charge >= 0.3 is 29.8 Å². The Morgan fingerprint density at radius 1 is 0.556 bits per heavy atom. The minimum absolute atomic E-state index is 0.0295. The summed E-state index contributed by atoms with van der Waals surface area (Å²) in [6.07, 6.45) is -2.92. The number of carbonyl (C=O) groups is 20. The van der Waals surface area contributed by atoms with E-state index in [0.717, 1.165) is 65.0 Å². The van der Waals surface area contributed by atoms with Gasteiger partial charge in [0.2, 0.25) is 82.7 Å². The number of amides is 14. The molecule has 14 amide bonds. The summed E-state index contributed by atoms with van der Waals surface area (Å²) in [5.41, 5.74) is 12.3. The van der Waals surface area contributed by atoms with Crippen LogP contribution in [0.1, 0.15) is 152 Å². The van der Waals surface area contributed by atoms with E-state index in [0.29, 0.717) is 35.4 Å². The van der Waals surface area contributed by atoms with Gasteiger partial charge in [0.1, 0.15) is 84.2 Å². The van der Waals surface area contributed by atoms with Crippen LogP contribution in [0.5, 0.6) is 0 Å². The Labute approximate surface area is 707 Å². The average molecular weight is 1750 g/mol. The number of para-hydroxylation sites is 2. The molecule has 0 aliphatic carbocycles. The Morgan fingerprint density at radius 2 is 1.12 bits per heavy atom. The second-order valence-corrected chi connectivity index (χ2v) is 29.4. The minimum atomic E-state index is -2.50. The molecular weight excluding hydrogens is 1640 g/mol. The lowest BCUT2D eigenvalue weighted by Crippen LogP contribution is -2.62. The number of nitrogens with two attached hydrogens (primary N) is 2. The first-order chi connectivity index (χ1) is 58.7. The van der Waals surface area contributed by atoms with Crippen LogP contribution >= 0.6 is 0 Å². The molecule has 13 atom stereocenters. The van der Waals surface area contributed by atoms with Crippen LogP contribution < -0.4 is 85.9 Å². The number of nitrogens with one attached hydrogen (secondary N) is 15. The number of benzene rings is 3. The Kier molecular flexibility index (Phi) is 41.2. The maximum atomic E-state index is 15.0. The van der Waals surface area contributed by atoms with Crippen LogP contribution in [-0.2, 0) is 109 Å². The van der Waals surface area contributed by atoms with Crippen molar-refractivity contribution >= 4 is 135 Å². The number of aliphatic hydroxyl groups is 1. The van der Waals surface area contributed by atoms with E-state index in [1.54, 1.807) is 30.5 Å². The fourth-order valence-corrected chi connectivity index (χ4v) is 12.7. The molecule has 43 nitrogen and oxygen atoms in total. The summed E-state index contributed by atoms with van der Waals surface area (Å²) in [4.78, 5) is 279. The zero-order valence-corrected chi connectivity index (χ0v) is 68.2. The van der Waals surface area contributed by atoms with E-state index in [2.05, 4.69) is 70.4 Å². The number of primary amides is 1. The van der Waals surface area contributed by atoms with Crippen molar-refractivity contribution in [2.75, 3.05) is 32.0 Å². The molecule has 5 rings (SSSR count). The zero-order chi connectivity index (χ0) is 92.0. The third-order valence-corrected chi connectivity index (χ3v) is 19.3. The van der Waals surface area contributed by atoms with E-state index in [4.69, 9.17) is 16.2 Å². The summed E-state index contributed by atoms with van der Waals surface area (Å²) < 4.78 is 34.1. The predicted octanol–water partition coefficient (Wildman–Crippen LogP) is -3.51. The number of aliphatic hydroxyl groups excluding tert-OH is 1. The number of hydrogen-bond donors (Lipinski definition) is 22. The van der Waals surface area contributed by atoms with Gasteiger partial charge < -0.3 is 121 Å². The maximum absolute atomic E-state index is 15.0. The van der Waals surface area contributed by atoms with Crippen molar-refractivity contribution in [2.24, 2.45) is 11.7 Å². The second-order valence-electron chi connectivity index (χ2n) is 29.4. The smallest absolute Gasteiger partial charge is 0.329 e. The molecule has 0 spiro atoms. The third kappa shape index (κ3) is 34.1. The number of anilines is 1. The van der Waals surface area contributed by atoms with E-state index in [1.807, 2.05) is 16.0 Å². The number of carboxylic acids is 4. The number of nitrogen functional groups attached to an aromatic ring is 1. The minimum Gasteiger partial charge on any atom is -0.481 e. The maximum Gasteiger partial charge on any atom is 0.329 e. The molecule has 124 heavy (non-hydrogen) atoms. The lowest BCUT2D eigenvalue weighted by atomic mass is 9.96. The molecule has 1 fully saturated rings. The van der Waals surface area contributed by atoms with Gasteiger partial charge in [0.15, 0.2) is 5.78 Å². The van der Waals surface area contributed by atoms with Gasteiger partial charge in [0, 0.05) is 65.8 Å². The number of Topliss-reactive ketones (excluding diaryl/α,β-unsaturated/α-hetero) is 1. The van der Waals surface area contributed by atoms with E-state index < -0.39 is 273 Å². The number of H-pyrrole nitrogens is 1. The van der Waals surface area contributed by atoms with Gasteiger partial charge in [-0.25, -0.2) is 13.6 Å². The van der Waals surface area contributed by atoms with Gasteiger partial charge in [-0.05, 0) is 75.4 Å². The molecule has 3 aromatic carbocycles. The van der Waals surface area contributed by atoms with Crippen molar-refractivity contribution in [3.63, 3.8) is 0 Å². The number of carbonyl (C=O) groups excluding carboxylic acids is 16. The summed E-state index contributed by atoms with van der Waals surface area (Å²) in [7, 11) is 0. The summed E-state index contributed by atoms with van der Waals surface area (Å²) in [6.45, 7) is 0.709. The Bertz CT molecular complexity index is 4550. The molecule has 4 aromatic rings. The Hall–Kier alpha value is -13.6. The molecule has 1 aliphatic rings. The molecule has 1 saturated heterocycles. The highest BCUT2D eigenvalue weighted by Gasteiger charge is 2.41. The van der Waals surface area contributed by atoms with Crippen molar-refractivity contribution in [1.29, 1.82) is 0 Å². The van der Waals surface area contributed by atoms with E-state index >= 15 is 0 Å². The molecule has 24 N–H and O–H groups in total. The zero-order valence-electron chi connectivity index (χ0n) is 68.2. The molecule has 676 valence electrons. The highest BCUT2D eigenvalue weighted by atomic mass is 19.1. The molecule has 1 aromatic heterocycles. The number of ketones is 1. The number of aromatic nitrogens is 1. The van der Waals surface area contributed by atoms with Gasteiger partial charge in [-0.3, -0.25) is 91.1 Å². The second kappa shape index (κ2) is 50.6. The van der Waals surface area contributed by atoms with Crippen molar-refractivity contribution in [2.45, 2.75) is 216 Å². The highest BCUT2D eigenvalue weighted by Crippen LogP contribution is 2.22. The number of cyclic esters (lactones) is 1. The third-order valence-electron chi connectivity index (χ3n) is 19.3. The quantitative estimate of drug-likeness (QED) is 0.00895. The van der Waals surface area contributed by atoms with Crippen LogP contribution in [0.4, 0.5) is 14.5 Å². The molecule has 1 aliphatic heterocycles. The molecule has 13 unspecified atom stereocenters. The Morgan fingerprint density at radius 3 is 1.74 bits per heavy atom. The van der Waals surface area contributed by atoms with Crippen molar-refractivity contribution in [3.8, 4) is 0 Å². The first kappa shape index (κ1) is 101. The van der Waals surface area contributed by atoms with Gasteiger partial charge in [-0.2, -0.15) is 0 Å².